The number of hydrogen-bond donors (Lipinski definition) is 2. The molecule has 0 radical (unpaired) electrons. The molecular weight excluding hydrogens is 285 g/mol. The molecule has 0 atom stereocenters. The molecule has 0 aliphatic carbocycles. The summed E-state index contributed by atoms with van der Waals surface area (Å²) in [4.78, 5) is 15.9. The van der Waals surface area contributed by atoms with Crippen LogP contribution in [0.4, 0.5) is 5.69 Å². The van der Waals surface area contributed by atoms with Gasteiger partial charge in [0.2, 0.25) is 0 Å². The van der Waals surface area contributed by atoms with Gasteiger partial charge in [-0.05, 0) is 29.8 Å². The van der Waals surface area contributed by atoms with Crippen molar-refractivity contribution in [2.45, 2.75) is 6.54 Å². The number of nitrogens with zero attached hydrogens (tertiary/aromatic N) is 1. The molecule has 0 fully saturated rings. The summed E-state index contributed by atoms with van der Waals surface area (Å²) in [5, 5.41) is 3.28. The Bertz CT molecular complexity index is 579. The summed E-state index contributed by atoms with van der Waals surface area (Å²) in [5.74, 6) is -0.262. The minimum Gasteiger partial charge on any atom is -0.397 e. The number of aromatic nitrogens is 1. The van der Waals surface area contributed by atoms with E-state index in [1.165, 1.54) is 12.1 Å². The third-order valence-electron chi connectivity index (χ3n) is 2.52. The summed E-state index contributed by atoms with van der Waals surface area (Å²) in [6, 6.07) is 6.63. The Morgan fingerprint density at radius 2 is 1.95 bits per heavy atom. The molecule has 0 aliphatic rings. The van der Waals surface area contributed by atoms with Crippen molar-refractivity contribution in [2.75, 3.05) is 5.73 Å². The monoisotopic (exact) mass is 295 g/mol. The summed E-state index contributed by atoms with van der Waals surface area (Å²) in [5.41, 5.74) is 7.27. The van der Waals surface area contributed by atoms with Crippen molar-refractivity contribution in [3.8, 4) is 0 Å². The Labute approximate surface area is 120 Å². The lowest BCUT2D eigenvalue weighted by atomic mass is 10.2. The standard InChI is InChI=1S/C13H11Cl2N3O/c14-10-5-9(6-11(16)12(10)15)13(19)18-7-8-1-3-17-4-2-8/h1-6H,7,16H2,(H,18,19). The number of nitrogen functional groups attached to an aromatic ring is 1. The number of benzene rings is 1. The maximum absolute atomic E-state index is 11.9. The molecule has 1 heterocycles. The van der Waals surface area contributed by atoms with E-state index in [0.29, 0.717) is 12.1 Å². The van der Waals surface area contributed by atoms with Gasteiger partial charge in [-0.1, -0.05) is 23.2 Å². The lowest BCUT2D eigenvalue weighted by molar-refractivity contribution is 0.0951. The normalized spacial score (nSPS) is 10.2. The van der Waals surface area contributed by atoms with Crippen LogP contribution in [0.15, 0.2) is 36.7 Å². The van der Waals surface area contributed by atoms with E-state index in [0.717, 1.165) is 5.56 Å². The Kier molecular flexibility index (Phi) is 4.24. The van der Waals surface area contributed by atoms with E-state index in [1.54, 1.807) is 12.4 Å². The van der Waals surface area contributed by atoms with Crippen LogP contribution in [0.1, 0.15) is 15.9 Å². The molecule has 0 spiro atoms. The van der Waals surface area contributed by atoms with Crippen molar-refractivity contribution in [2.24, 2.45) is 0 Å². The second-order valence-corrected chi connectivity index (χ2v) is 4.68. The van der Waals surface area contributed by atoms with Crippen LogP contribution in [0.2, 0.25) is 10.0 Å². The van der Waals surface area contributed by atoms with Gasteiger partial charge in [0.15, 0.2) is 0 Å². The van der Waals surface area contributed by atoms with E-state index >= 15 is 0 Å². The predicted molar refractivity (Wildman–Crippen MR) is 76.3 cm³/mol. The van der Waals surface area contributed by atoms with Crippen molar-refractivity contribution >= 4 is 34.8 Å². The first-order valence-corrected chi connectivity index (χ1v) is 6.25. The van der Waals surface area contributed by atoms with Crippen LogP contribution in [-0.2, 0) is 6.54 Å². The van der Waals surface area contributed by atoms with E-state index in [1.807, 2.05) is 12.1 Å². The Morgan fingerprint density at radius 3 is 2.58 bits per heavy atom. The van der Waals surface area contributed by atoms with E-state index in [4.69, 9.17) is 28.9 Å². The molecule has 0 unspecified atom stereocenters. The summed E-state index contributed by atoms with van der Waals surface area (Å²) in [6.45, 7) is 0.404. The summed E-state index contributed by atoms with van der Waals surface area (Å²) >= 11 is 11.7. The van der Waals surface area contributed by atoms with E-state index in [-0.39, 0.29) is 21.6 Å². The van der Waals surface area contributed by atoms with Gasteiger partial charge in [0.1, 0.15) is 0 Å². The first-order chi connectivity index (χ1) is 9.08. The molecule has 1 amide bonds. The molecule has 3 N–H and O–H groups in total. The highest BCUT2D eigenvalue weighted by atomic mass is 35.5. The summed E-state index contributed by atoms with van der Waals surface area (Å²) in [6.07, 6.45) is 3.33. The number of anilines is 1. The lowest BCUT2D eigenvalue weighted by Crippen LogP contribution is -2.22. The summed E-state index contributed by atoms with van der Waals surface area (Å²) < 4.78 is 0. The Morgan fingerprint density at radius 1 is 1.26 bits per heavy atom. The molecule has 1 aromatic carbocycles. The van der Waals surface area contributed by atoms with Gasteiger partial charge in [0.05, 0.1) is 15.7 Å². The quantitative estimate of drug-likeness (QED) is 0.856. The van der Waals surface area contributed by atoms with Crippen LogP contribution in [0.3, 0.4) is 0 Å². The highest BCUT2D eigenvalue weighted by Gasteiger charge is 2.10. The van der Waals surface area contributed by atoms with E-state index < -0.39 is 0 Å². The van der Waals surface area contributed by atoms with Crippen LogP contribution in [0, 0.1) is 0 Å². The number of halogens is 2. The number of nitrogens with two attached hydrogens (primary N) is 1. The smallest absolute Gasteiger partial charge is 0.251 e. The maximum Gasteiger partial charge on any atom is 0.251 e. The Balaban J connectivity index is 2.08. The minimum absolute atomic E-state index is 0.257. The van der Waals surface area contributed by atoms with Crippen LogP contribution >= 0.6 is 23.2 Å². The highest BCUT2D eigenvalue weighted by molar-refractivity contribution is 6.43. The SMILES string of the molecule is Nc1cc(C(=O)NCc2ccncc2)cc(Cl)c1Cl. The first-order valence-electron chi connectivity index (χ1n) is 5.49. The van der Waals surface area contributed by atoms with Gasteiger partial charge in [-0.2, -0.15) is 0 Å². The zero-order chi connectivity index (χ0) is 13.8. The van der Waals surface area contributed by atoms with Crippen LogP contribution in [-0.4, -0.2) is 10.9 Å². The predicted octanol–water partition coefficient (Wildman–Crippen LogP) is 2.90. The van der Waals surface area contributed by atoms with E-state index in [9.17, 15) is 4.79 Å². The first kappa shape index (κ1) is 13.6. The number of nitrogens with one attached hydrogen (secondary N) is 1. The van der Waals surface area contributed by atoms with Gasteiger partial charge in [-0.15, -0.1) is 0 Å². The molecule has 0 bridgehead atoms. The van der Waals surface area contributed by atoms with Crippen LogP contribution < -0.4 is 11.1 Å². The molecule has 2 rings (SSSR count). The molecule has 2 aromatic rings. The number of carbonyl (C=O) groups is 1. The summed E-state index contributed by atoms with van der Waals surface area (Å²) in [7, 11) is 0. The van der Waals surface area contributed by atoms with Crippen molar-refractivity contribution < 1.29 is 4.79 Å². The van der Waals surface area contributed by atoms with E-state index in [2.05, 4.69) is 10.3 Å². The average Bonchev–Trinajstić information content (AvgIpc) is 2.42. The van der Waals surface area contributed by atoms with Crippen molar-refractivity contribution in [1.82, 2.24) is 10.3 Å². The third-order valence-corrected chi connectivity index (χ3v) is 3.34. The zero-order valence-corrected chi connectivity index (χ0v) is 11.4. The molecule has 1 aromatic heterocycles. The average molecular weight is 296 g/mol. The Hall–Kier alpha value is -1.78. The lowest BCUT2D eigenvalue weighted by Gasteiger charge is -2.08. The van der Waals surface area contributed by atoms with Crippen LogP contribution in [0.25, 0.3) is 0 Å². The van der Waals surface area contributed by atoms with Gasteiger partial charge in [0.25, 0.3) is 5.91 Å². The van der Waals surface area contributed by atoms with Gasteiger partial charge in [-0.25, -0.2) is 0 Å². The van der Waals surface area contributed by atoms with Gasteiger partial charge < -0.3 is 11.1 Å². The maximum atomic E-state index is 11.9. The van der Waals surface area contributed by atoms with Crippen molar-refractivity contribution in [3.63, 3.8) is 0 Å². The fourth-order valence-electron chi connectivity index (χ4n) is 1.53. The molecule has 19 heavy (non-hydrogen) atoms. The fraction of sp³-hybridized carbons (Fsp3) is 0.0769. The fourth-order valence-corrected chi connectivity index (χ4v) is 1.86. The number of rotatable bonds is 3. The van der Waals surface area contributed by atoms with Gasteiger partial charge >= 0.3 is 0 Å². The molecular formula is C13H11Cl2N3O. The highest BCUT2D eigenvalue weighted by Crippen LogP contribution is 2.29. The molecule has 4 nitrogen and oxygen atoms in total. The molecule has 0 saturated carbocycles. The van der Waals surface area contributed by atoms with Crippen molar-refractivity contribution in [1.29, 1.82) is 0 Å². The largest absolute Gasteiger partial charge is 0.397 e. The molecule has 0 aliphatic heterocycles. The minimum atomic E-state index is -0.262. The molecule has 98 valence electrons. The topological polar surface area (TPSA) is 68.0 Å². The second-order valence-electron chi connectivity index (χ2n) is 3.90. The van der Waals surface area contributed by atoms with Crippen LogP contribution in [0.5, 0.6) is 0 Å². The van der Waals surface area contributed by atoms with Gasteiger partial charge in [0, 0.05) is 24.5 Å². The third kappa shape index (κ3) is 3.36. The zero-order valence-electron chi connectivity index (χ0n) is 9.86. The number of carbonyl (C=O) groups excluding carboxylic acids is 1. The van der Waals surface area contributed by atoms with Gasteiger partial charge in [-0.3, -0.25) is 9.78 Å². The van der Waals surface area contributed by atoms with Crippen molar-refractivity contribution in [3.05, 3.63) is 57.8 Å². The second kappa shape index (κ2) is 5.91. The number of amides is 1. The molecule has 0 saturated heterocycles. The molecule has 6 heteroatoms. The number of hydrogen-bond acceptors (Lipinski definition) is 3. The number of pyridine rings is 1.